The van der Waals surface area contributed by atoms with Crippen molar-refractivity contribution >= 4 is 11.6 Å². The average molecular weight is 200 g/mol. The number of unbranched alkanes of at least 4 members (excludes halogenated alkanes) is 1. The molecular weight excluding hydrogens is 188 g/mol. The van der Waals surface area contributed by atoms with Gasteiger partial charge in [0.05, 0.1) is 0 Å². The van der Waals surface area contributed by atoms with Gasteiger partial charge in [-0.1, -0.05) is 6.07 Å². The number of aromatic nitrogens is 3. The summed E-state index contributed by atoms with van der Waals surface area (Å²) in [6.45, 7) is 0.807. The third-order valence-corrected chi connectivity index (χ3v) is 2.02. The minimum absolute atomic E-state index is 0.651. The van der Waals surface area contributed by atoms with Crippen LogP contribution in [0.3, 0.4) is 0 Å². The van der Waals surface area contributed by atoms with Crippen LogP contribution in [0.25, 0.3) is 5.65 Å². The van der Waals surface area contributed by atoms with E-state index < -0.39 is 0 Å². The van der Waals surface area contributed by atoms with Crippen molar-refractivity contribution in [3.8, 4) is 12.3 Å². The Morgan fingerprint density at radius 1 is 1.47 bits per heavy atom. The lowest BCUT2D eigenvalue weighted by atomic mass is 10.3. The average Bonchev–Trinajstić information content (AvgIpc) is 2.67. The van der Waals surface area contributed by atoms with Crippen molar-refractivity contribution in [2.24, 2.45) is 0 Å². The van der Waals surface area contributed by atoms with Crippen molar-refractivity contribution in [3.63, 3.8) is 0 Å². The van der Waals surface area contributed by atoms with Gasteiger partial charge in [-0.25, -0.2) is 4.52 Å². The van der Waals surface area contributed by atoms with Crippen LogP contribution in [0.4, 0.5) is 5.95 Å². The molecule has 15 heavy (non-hydrogen) atoms. The highest BCUT2D eigenvalue weighted by Crippen LogP contribution is 2.04. The number of fused-ring (bicyclic) bond motifs is 1. The highest BCUT2D eigenvalue weighted by Gasteiger charge is 2.00. The summed E-state index contributed by atoms with van der Waals surface area (Å²) >= 11 is 0. The summed E-state index contributed by atoms with van der Waals surface area (Å²) in [4.78, 5) is 4.30. The Morgan fingerprint density at radius 2 is 2.40 bits per heavy atom. The maximum absolute atomic E-state index is 5.16. The number of anilines is 1. The number of pyridine rings is 1. The molecule has 0 saturated heterocycles. The van der Waals surface area contributed by atoms with Crippen LogP contribution in [0, 0.1) is 12.3 Å². The zero-order chi connectivity index (χ0) is 10.5. The van der Waals surface area contributed by atoms with Gasteiger partial charge in [0.15, 0.2) is 5.65 Å². The fourth-order valence-electron chi connectivity index (χ4n) is 1.30. The first-order chi connectivity index (χ1) is 7.40. The van der Waals surface area contributed by atoms with Crippen molar-refractivity contribution in [2.45, 2.75) is 12.8 Å². The lowest BCUT2D eigenvalue weighted by molar-refractivity contribution is 0.884. The molecule has 2 aromatic rings. The van der Waals surface area contributed by atoms with Crippen LogP contribution in [-0.2, 0) is 0 Å². The van der Waals surface area contributed by atoms with Gasteiger partial charge in [0, 0.05) is 19.2 Å². The second kappa shape index (κ2) is 4.47. The quantitative estimate of drug-likeness (QED) is 0.601. The first-order valence-corrected chi connectivity index (χ1v) is 4.89. The minimum atomic E-state index is 0.651. The van der Waals surface area contributed by atoms with E-state index in [1.807, 2.05) is 24.4 Å². The molecule has 0 aliphatic heterocycles. The first-order valence-electron chi connectivity index (χ1n) is 4.89. The third-order valence-electron chi connectivity index (χ3n) is 2.02. The van der Waals surface area contributed by atoms with E-state index in [9.17, 15) is 0 Å². The predicted molar refractivity (Wildman–Crippen MR) is 59.5 cm³/mol. The maximum Gasteiger partial charge on any atom is 0.243 e. The van der Waals surface area contributed by atoms with Crippen LogP contribution in [0.1, 0.15) is 12.8 Å². The molecule has 0 amide bonds. The van der Waals surface area contributed by atoms with Gasteiger partial charge in [0.2, 0.25) is 5.95 Å². The van der Waals surface area contributed by atoms with Gasteiger partial charge >= 0.3 is 0 Å². The molecule has 2 aromatic heterocycles. The van der Waals surface area contributed by atoms with Crippen LogP contribution in [0.5, 0.6) is 0 Å². The van der Waals surface area contributed by atoms with Crippen molar-refractivity contribution in [3.05, 3.63) is 24.4 Å². The molecule has 76 valence electrons. The number of nitrogens with one attached hydrogen (secondary N) is 1. The van der Waals surface area contributed by atoms with Crippen LogP contribution in [0.2, 0.25) is 0 Å². The van der Waals surface area contributed by atoms with Crippen molar-refractivity contribution in [2.75, 3.05) is 11.9 Å². The van der Waals surface area contributed by atoms with E-state index in [0.717, 1.165) is 25.0 Å². The van der Waals surface area contributed by atoms with E-state index in [-0.39, 0.29) is 0 Å². The highest BCUT2D eigenvalue weighted by molar-refractivity contribution is 5.42. The smallest absolute Gasteiger partial charge is 0.243 e. The van der Waals surface area contributed by atoms with Gasteiger partial charge in [-0.2, -0.15) is 4.98 Å². The molecule has 0 spiro atoms. The zero-order valence-electron chi connectivity index (χ0n) is 8.35. The fourth-order valence-corrected chi connectivity index (χ4v) is 1.30. The Balaban J connectivity index is 2.00. The summed E-state index contributed by atoms with van der Waals surface area (Å²) < 4.78 is 1.74. The monoisotopic (exact) mass is 200 g/mol. The molecule has 0 aliphatic carbocycles. The van der Waals surface area contributed by atoms with Crippen LogP contribution < -0.4 is 5.32 Å². The second-order valence-electron chi connectivity index (χ2n) is 3.17. The highest BCUT2D eigenvalue weighted by atomic mass is 15.3. The number of terminal acetylenes is 1. The van der Waals surface area contributed by atoms with Crippen LogP contribution in [0.15, 0.2) is 24.4 Å². The van der Waals surface area contributed by atoms with E-state index in [0.29, 0.717) is 5.95 Å². The maximum atomic E-state index is 5.16. The largest absolute Gasteiger partial charge is 0.353 e. The fraction of sp³-hybridized carbons (Fsp3) is 0.273. The van der Waals surface area contributed by atoms with Crippen LogP contribution >= 0.6 is 0 Å². The van der Waals surface area contributed by atoms with E-state index in [4.69, 9.17) is 6.42 Å². The predicted octanol–water partition coefficient (Wildman–Crippen LogP) is 1.55. The standard InChI is InChI=1S/C11H12N4/c1-2-3-5-8-12-11-13-10-7-4-6-9-15(10)14-11/h1,4,6-7,9H,3,5,8H2,(H,12,14). The van der Waals surface area contributed by atoms with E-state index in [1.54, 1.807) is 4.52 Å². The summed E-state index contributed by atoms with van der Waals surface area (Å²) in [7, 11) is 0. The molecular formula is C11H12N4. The molecule has 0 bridgehead atoms. The molecule has 0 unspecified atom stereocenters. The summed E-state index contributed by atoms with van der Waals surface area (Å²) in [5.74, 6) is 3.25. The molecule has 2 heterocycles. The van der Waals surface area contributed by atoms with Crippen molar-refractivity contribution < 1.29 is 0 Å². The molecule has 0 radical (unpaired) electrons. The lowest BCUT2D eigenvalue weighted by Crippen LogP contribution is -2.02. The van der Waals surface area contributed by atoms with E-state index >= 15 is 0 Å². The van der Waals surface area contributed by atoms with Gasteiger partial charge in [0.25, 0.3) is 0 Å². The summed E-state index contributed by atoms with van der Waals surface area (Å²) in [6, 6.07) is 5.77. The Morgan fingerprint density at radius 3 is 3.20 bits per heavy atom. The first kappa shape index (κ1) is 9.53. The molecule has 0 atom stereocenters. The number of hydrogen-bond donors (Lipinski definition) is 1. The molecule has 4 nitrogen and oxygen atoms in total. The second-order valence-corrected chi connectivity index (χ2v) is 3.17. The van der Waals surface area contributed by atoms with Crippen LogP contribution in [-0.4, -0.2) is 21.1 Å². The van der Waals surface area contributed by atoms with Gasteiger partial charge < -0.3 is 5.32 Å². The Kier molecular flexibility index (Phi) is 2.84. The van der Waals surface area contributed by atoms with Crippen molar-refractivity contribution in [1.82, 2.24) is 14.6 Å². The SMILES string of the molecule is C#CCCCNc1nc2ccccn2n1. The molecule has 0 saturated carbocycles. The molecule has 0 aliphatic rings. The Hall–Kier alpha value is -2.02. The zero-order valence-corrected chi connectivity index (χ0v) is 8.35. The summed E-state index contributed by atoms with van der Waals surface area (Å²) in [6.07, 6.45) is 8.74. The van der Waals surface area contributed by atoms with E-state index in [2.05, 4.69) is 21.3 Å². The minimum Gasteiger partial charge on any atom is -0.353 e. The molecule has 4 heteroatoms. The third kappa shape index (κ3) is 2.26. The number of hydrogen-bond acceptors (Lipinski definition) is 3. The molecule has 1 N–H and O–H groups in total. The topological polar surface area (TPSA) is 42.2 Å². The Labute approximate surface area is 88.3 Å². The van der Waals surface area contributed by atoms with Crippen molar-refractivity contribution in [1.29, 1.82) is 0 Å². The van der Waals surface area contributed by atoms with Gasteiger partial charge in [0.1, 0.15) is 0 Å². The van der Waals surface area contributed by atoms with Gasteiger partial charge in [-0.15, -0.1) is 17.4 Å². The summed E-state index contributed by atoms with van der Waals surface area (Å²) in [5, 5.41) is 7.38. The molecule has 0 fully saturated rings. The van der Waals surface area contributed by atoms with E-state index in [1.165, 1.54) is 0 Å². The number of rotatable bonds is 4. The number of nitrogens with zero attached hydrogens (tertiary/aromatic N) is 3. The molecule has 0 aromatic carbocycles. The molecule has 2 rings (SSSR count). The normalized spacial score (nSPS) is 10.1. The van der Waals surface area contributed by atoms with Gasteiger partial charge in [-0.05, 0) is 18.6 Å². The Bertz CT molecular complexity index is 448. The lowest BCUT2D eigenvalue weighted by Gasteiger charge is -1.96. The van der Waals surface area contributed by atoms with Gasteiger partial charge in [-0.3, -0.25) is 0 Å². The summed E-state index contributed by atoms with van der Waals surface area (Å²) in [5.41, 5.74) is 0.844.